The van der Waals surface area contributed by atoms with Crippen molar-refractivity contribution in [3.63, 3.8) is 0 Å². The van der Waals surface area contributed by atoms with E-state index in [9.17, 15) is 14.7 Å². The fraction of sp³-hybridized carbons (Fsp3) is 0.231. The summed E-state index contributed by atoms with van der Waals surface area (Å²) in [7, 11) is 0. The standard InChI is InChI=1S/C13H12O4S/c14-9-5-3-6-10(15)12(9)18-11-7-2-1-4-8(11)13(16)17/h1-2,4,7,14H,3,5-6H2,(H,16,17)/p-1. The molecule has 0 saturated carbocycles. The van der Waals surface area contributed by atoms with Crippen molar-refractivity contribution in [2.45, 2.75) is 24.2 Å². The zero-order chi connectivity index (χ0) is 13.1. The van der Waals surface area contributed by atoms with Gasteiger partial charge in [0.1, 0.15) is 0 Å². The molecule has 1 N–H and O–H groups in total. The molecule has 1 aliphatic carbocycles. The first-order chi connectivity index (χ1) is 8.59. The molecule has 0 spiro atoms. The molecule has 1 aromatic rings. The lowest BCUT2D eigenvalue weighted by molar-refractivity contribution is -0.308. The SMILES string of the molecule is O=C1CCCC([O-])=C1Sc1ccccc1C(=O)O. The Morgan fingerprint density at radius 3 is 2.67 bits per heavy atom. The van der Waals surface area contributed by atoms with Gasteiger partial charge in [0, 0.05) is 16.2 Å². The largest absolute Gasteiger partial charge is 0.875 e. The lowest BCUT2D eigenvalue weighted by Crippen LogP contribution is -2.17. The van der Waals surface area contributed by atoms with Gasteiger partial charge in [-0.3, -0.25) is 4.79 Å². The Morgan fingerprint density at radius 2 is 2.00 bits per heavy atom. The molecule has 0 atom stereocenters. The second-order valence-electron chi connectivity index (χ2n) is 3.93. The fourth-order valence-electron chi connectivity index (χ4n) is 1.75. The number of ketones is 1. The Hall–Kier alpha value is -1.75. The van der Waals surface area contributed by atoms with Crippen molar-refractivity contribution in [1.29, 1.82) is 0 Å². The quantitative estimate of drug-likeness (QED) is 0.899. The van der Waals surface area contributed by atoms with Crippen LogP contribution in [0.15, 0.2) is 39.8 Å². The molecule has 18 heavy (non-hydrogen) atoms. The van der Waals surface area contributed by atoms with Crippen molar-refractivity contribution in [3.8, 4) is 0 Å². The number of hydrogen-bond acceptors (Lipinski definition) is 4. The average molecular weight is 263 g/mol. The Labute approximate surface area is 108 Å². The Balaban J connectivity index is 2.34. The van der Waals surface area contributed by atoms with Crippen molar-refractivity contribution in [3.05, 3.63) is 40.5 Å². The molecule has 0 amide bonds. The van der Waals surface area contributed by atoms with Gasteiger partial charge < -0.3 is 10.2 Å². The van der Waals surface area contributed by atoms with E-state index in [-0.39, 0.29) is 22.0 Å². The minimum absolute atomic E-state index is 0.112. The van der Waals surface area contributed by atoms with Gasteiger partial charge >= 0.3 is 5.97 Å². The molecule has 2 rings (SSSR count). The molecule has 0 fully saturated rings. The first-order valence-electron chi connectivity index (χ1n) is 5.53. The second-order valence-corrected chi connectivity index (χ2v) is 4.98. The molecule has 1 aliphatic rings. The number of rotatable bonds is 3. The first-order valence-corrected chi connectivity index (χ1v) is 6.35. The van der Waals surface area contributed by atoms with Gasteiger partial charge in [0.05, 0.1) is 5.56 Å². The maximum Gasteiger partial charge on any atom is 0.336 e. The van der Waals surface area contributed by atoms with Crippen molar-refractivity contribution in [1.82, 2.24) is 0 Å². The van der Waals surface area contributed by atoms with Crippen LogP contribution in [0.3, 0.4) is 0 Å². The molecular formula is C13H11O4S-. The van der Waals surface area contributed by atoms with Crippen LogP contribution >= 0.6 is 11.8 Å². The summed E-state index contributed by atoms with van der Waals surface area (Å²) in [5, 5.41) is 20.7. The van der Waals surface area contributed by atoms with Gasteiger partial charge in [0.2, 0.25) is 0 Å². The van der Waals surface area contributed by atoms with E-state index in [4.69, 9.17) is 5.11 Å². The van der Waals surface area contributed by atoms with Gasteiger partial charge in [-0.25, -0.2) is 4.79 Å². The summed E-state index contributed by atoms with van der Waals surface area (Å²) in [6, 6.07) is 6.37. The van der Waals surface area contributed by atoms with E-state index in [1.807, 2.05) is 0 Å². The Bertz CT molecular complexity index is 534. The third kappa shape index (κ3) is 2.56. The number of carboxylic acid groups (broad SMARTS) is 1. The van der Waals surface area contributed by atoms with Crippen LogP contribution in [0.4, 0.5) is 0 Å². The number of aromatic carboxylic acids is 1. The fourth-order valence-corrected chi connectivity index (χ4v) is 2.81. The smallest absolute Gasteiger partial charge is 0.336 e. The lowest BCUT2D eigenvalue weighted by atomic mass is 10.1. The number of carbonyl (C=O) groups excluding carboxylic acids is 1. The summed E-state index contributed by atoms with van der Waals surface area (Å²) in [4.78, 5) is 23.3. The van der Waals surface area contributed by atoms with Gasteiger partial charge in [0.15, 0.2) is 5.78 Å². The van der Waals surface area contributed by atoms with Gasteiger partial charge in [-0.1, -0.05) is 23.9 Å². The summed E-state index contributed by atoms with van der Waals surface area (Å²) < 4.78 is 0. The second kappa shape index (κ2) is 5.27. The maximum atomic E-state index is 11.7. The number of hydrogen-bond donors (Lipinski definition) is 1. The van der Waals surface area contributed by atoms with Crippen molar-refractivity contribution in [2.24, 2.45) is 0 Å². The predicted molar refractivity (Wildman–Crippen MR) is 65.1 cm³/mol. The minimum Gasteiger partial charge on any atom is -0.875 e. The van der Waals surface area contributed by atoms with E-state index >= 15 is 0 Å². The van der Waals surface area contributed by atoms with Crippen LogP contribution in [0.1, 0.15) is 29.6 Å². The van der Waals surface area contributed by atoms with Crippen molar-refractivity contribution >= 4 is 23.5 Å². The van der Waals surface area contributed by atoms with E-state index < -0.39 is 5.97 Å². The van der Waals surface area contributed by atoms with E-state index in [0.717, 1.165) is 11.8 Å². The summed E-state index contributed by atoms with van der Waals surface area (Å²) in [6.45, 7) is 0. The van der Waals surface area contributed by atoms with Crippen LogP contribution in [0.25, 0.3) is 0 Å². The highest BCUT2D eigenvalue weighted by molar-refractivity contribution is 8.04. The van der Waals surface area contributed by atoms with Crippen LogP contribution in [0.2, 0.25) is 0 Å². The van der Waals surface area contributed by atoms with Gasteiger partial charge in [-0.2, -0.15) is 0 Å². The van der Waals surface area contributed by atoms with E-state index in [0.29, 0.717) is 24.2 Å². The molecule has 0 heterocycles. The number of Topliss-reactive ketones (excluding diaryl/α,β-unsaturated/α-hetero) is 1. The maximum absolute atomic E-state index is 11.7. The molecule has 4 nitrogen and oxygen atoms in total. The Kier molecular flexibility index (Phi) is 3.72. The van der Waals surface area contributed by atoms with E-state index in [2.05, 4.69) is 0 Å². The number of thioether (sulfide) groups is 1. The molecule has 0 aromatic heterocycles. The highest BCUT2D eigenvalue weighted by Crippen LogP contribution is 2.35. The molecule has 94 valence electrons. The van der Waals surface area contributed by atoms with Crippen LogP contribution in [-0.4, -0.2) is 16.9 Å². The highest BCUT2D eigenvalue weighted by Gasteiger charge is 2.19. The molecule has 0 saturated heterocycles. The zero-order valence-electron chi connectivity index (χ0n) is 9.51. The lowest BCUT2D eigenvalue weighted by Gasteiger charge is -2.22. The highest BCUT2D eigenvalue weighted by atomic mass is 32.2. The molecule has 0 unspecified atom stereocenters. The number of benzene rings is 1. The van der Waals surface area contributed by atoms with Crippen molar-refractivity contribution < 1.29 is 19.8 Å². The topological polar surface area (TPSA) is 77.4 Å². The zero-order valence-corrected chi connectivity index (χ0v) is 10.3. The number of carbonyl (C=O) groups is 2. The normalized spacial score (nSPS) is 15.9. The van der Waals surface area contributed by atoms with Gasteiger partial charge in [-0.15, -0.1) is 5.76 Å². The van der Waals surface area contributed by atoms with Crippen LogP contribution in [-0.2, 0) is 4.79 Å². The monoisotopic (exact) mass is 263 g/mol. The predicted octanol–water partition coefficient (Wildman–Crippen LogP) is 1.80. The third-order valence-electron chi connectivity index (χ3n) is 2.64. The molecule has 1 aromatic carbocycles. The third-order valence-corrected chi connectivity index (χ3v) is 3.88. The summed E-state index contributed by atoms with van der Waals surface area (Å²) in [5.41, 5.74) is 0.112. The number of allylic oxidation sites excluding steroid dienone is 2. The molecule has 0 aliphatic heterocycles. The average Bonchev–Trinajstić information content (AvgIpc) is 2.34. The molecular weight excluding hydrogens is 252 g/mol. The Morgan fingerprint density at radius 1 is 1.28 bits per heavy atom. The van der Waals surface area contributed by atoms with Gasteiger partial charge in [0.25, 0.3) is 0 Å². The van der Waals surface area contributed by atoms with Crippen LogP contribution in [0, 0.1) is 0 Å². The number of carboxylic acids is 1. The molecule has 5 heteroatoms. The van der Waals surface area contributed by atoms with Crippen LogP contribution in [0.5, 0.6) is 0 Å². The van der Waals surface area contributed by atoms with E-state index in [1.165, 1.54) is 6.07 Å². The van der Waals surface area contributed by atoms with Gasteiger partial charge in [-0.05, 0) is 25.0 Å². The summed E-state index contributed by atoms with van der Waals surface area (Å²) in [5.74, 6) is -1.43. The summed E-state index contributed by atoms with van der Waals surface area (Å²) >= 11 is 0.972. The van der Waals surface area contributed by atoms with Crippen LogP contribution < -0.4 is 5.11 Å². The summed E-state index contributed by atoms with van der Waals surface area (Å²) in [6.07, 6.45) is 1.31. The molecule has 0 bridgehead atoms. The van der Waals surface area contributed by atoms with E-state index in [1.54, 1.807) is 18.2 Å². The molecule has 0 radical (unpaired) electrons. The van der Waals surface area contributed by atoms with Crippen molar-refractivity contribution in [2.75, 3.05) is 0 Å². The first kappa shape index (κ1) is 12.7. The minimum atomic E-state index is -1.06.